The largest absolute Gasteiger partial charge is 0.457 e. The van der Waals surface area contributed by atoms with E-state index in [-0.39, 0.29) is 11.9 Å². The van der Waals surface area contributed by atoms with Crippen molar-refractivity contribution >= 4 is 5.97 Å². The third-order valence-electron chi connectivity index (χ3n) is 1.92. The van der Waals surface area contributed by atoms with Crippen LogP contribution in [0.5, 0.6) is 0 Å². The molecular formula is C6H8O4. The number of hydrogen-bond acceptors (Lipinski definition) is 4. The van der Waals surface area contributed by atoms with E-state index < -0.39 is 12.4 Å². The van der Waals surface area contributed by atoms with Gasteiger partial charge in [-0.3, -0.25) is 4.79 Å². The average Bonchev–Trinajstić information content (AvgIpc) is 2.35. The molecule has 2 aliphatic heterocycles. The Morgan fingerprint density at radius 1 is 1.60 bits per heavy atom. The number of fused-ring (bicyclic) bond motifs is 1. The molecule has 0 radical (unpaired) electrons. The fourth-order valence-corrected chi connectivity index (χ4v) is 1.39. The molecule has 4 nitrogen and oxygen atoms in total. The zero-order valence-corrected chi connectivity index (χ0v) is 5.32. The van der Waals surface area contributed by atoms with Crippen molar-refractivity contribution in [3.63, 3.8) is 0 Å². The van der Waals surface area contributed by atoms with Gasteiger partial charge in [0.05, 0.1) is 13.0 Å². The van der Waals surface area contributed by atoms with Crippen LogP contribution >= 0.6 is 0 Å². The van der Waals surface area contributed by atoms with Gasteiger partial charge in [0.25, 0.3) is 0 Å². The Bertz CT molecular complexity index is 167. The number of rotatable bonds is 0. The van der Waals surface area contributed by atoms with Crippen LogP contribution in [0.15, 0.2) is 0 Å². The summed E-state index contributed by atoms with van der Waals surface area (Å²) >= 11 is 0. The molecule has 0 spiro atoms. The van der Waals surface area contributed by atoms with Crippen molar-refractivity contribution in [3.05, 3.63) is 0 Å². The van der Waals surface area contributed by atoms with E-state index in [0.717, 1.165) is 0 Å². The van der Waals surface area contributed by atoms with Crippen LogP contribution in [-0.2, 0) is 14.3 Å². The second-order valence-electron chi connectivity index (χ2n) is 2.64. The molecule has 10 heavy (non-hydrogen) atoms. The predicted octanol–water partition coefficient (Wildman–Crippen LogP) is -0.733. The highest BCUT2D eigenvalue weighted by Gasteiger charge is 2.45. The molecule has 2 saturated heterocycles. The molecule has 1 N–H and O–H groups in total. The molecule has 2 fully saturated rings. The SMILES string of the molecule is O=C1C[C@H]2CO[C@@H](O)[C@H]2O1. The summed E-state index contributed by atoms with van der Waals surface area (Å²) in [6.07, 6.45) is -0.897. The van der Waals surface area contributed by atoms with Gasteiger partial charge in [0.1, 0.15) is 0 Å². The summed E-state index contributed by atoms with van der Waals surface area (Å²) in [5, 5.41) is 9.02. The van der Waals surface area contributed by atoms with Crippen LogP contribution in [0.3, 0.4) is 0 Å². The Balaban J connectivity index is 2.12. The van der Waals surface area contributed by atoms with E-state index in [2.05, 4.69) is 0 Å². The van der Waals surface area contributed by atoms with E-state index in [4.69, 9.17) is 14.6 Å². The van der Waals surface area contributed by atoms with Crippen LogP contribution in [0.2, 0.25) is 0 Å². The number of esters is 1. The van der Waals surface area contributed by atoms with E-state index >= 15 is 0 Å². The summed E-state index contributed by atoms with van der Waals surface area (Å²) in [6.45, 7) is 0.442. The lowest BCUT2D eigenvalue weighted by Crippen LogP contribution is -2.24. The second kappa shape index (κ2) is 1.93. The van der Waals surface area contributed by atoms with E-state index in [1.54, 1.807) is 0 Å². The minimum Gasteiger partial charge on any atom is -0.457 e. The number of ether oxygens (including phenoxy) is 2. The molecule has 4 heteroatoms. The zero-order valence-electron chi connectivity index (χ0n) is 5.32. The first kappa shape index (κ1) is 6.12. The molecule has 3 atom stereocenters. The first-order chi connectivity index (χ1) is 4.77. The van der Waals surface area contributed by atoms with Gasteiger partial charge in [-0.25, -0.2) is 0 Å². The van der Waals surface area contributed by atoms with Crippen LogP contribution < -0.4 is 0 Å². The van der Waals surface area contributed by atoms with Crippen LogP contribution in [0.25, 0.3) is 0 Å². The predicted molar refractivity (Wildman–Crippen MR) is 29.9 cm³/mol. The van der Waals surface area contributed by atoms with Crippen molar-refractivity contribution in [1.29, 1.82) is 0 Å². The van der Waals surface area contributed by atoms with Gasteiger partial charge >= 0.3 is 5.97 Å². The molecule has 2 heterocycles. The van der Waals surface area contributed by atoms with Crippen molar-refractivity contribution in [2.75, 3.05) is 6.61 Å². The Morgan fingerprint density at radius 3 is 3.10 bits per heavy atom. The molecule has 0 bridgehead atoms. The molecule has 56 valence electrons. The molecule has 0 amide bonds. The van der Waals surface area contributed by atoms with Gasteiger partial charge in [-0.1, -0.05) is 0 Å². The Labute approximate surface area is 57.7 Å². The normalized spacial score (nSPS) is 45.3. The molecule has 0 unspecified atom stereocenters. The van der Waals surface area contributed by atoms with Gasteiger partial charge in [-0.2, -0.15) is 0 Å². The summed E-state index contributed by atoms with van der Waals surface area (Å²) < 4.78 is 9.63. The van der Waals surface area contributed by atoms with Gasteiger partial charge in [-0.05, 0) is 0 Å². The lowest BCUT2D eigenvalue weighted by molar-refractivity contribution is -0.159. The molecule has 0 saturated carbocycles. The zero-order chi connectivity index (χ0) is 7.14. The number of carbonyl (C=O) groups is 1. The summed E-state index contributed by atoms with van der Waals surface area (Å²) in [6, 6.07) is 0. The Morgan fingerprint density at radius 2 is 2.40 bits per heavy atom. The van der Waals surface area contributed by atoms with Crippen molar-refractivity contribution in [1.82, 2.24) is 0 Å². The van der Waals surface area contributed by atoms with E-state index in [1.807, 2.05) is 0 Å². The van der Waals surface area contributed by atoms with Crippen molar-refractivity contribution in [3.8, 4) is 0 Å². The van der Waals surface area contributed by atoms with Gasteiger partial charge < -0.3 is 14.6 Å². The van der Waals surface area contributed by atoms with Crippen molar-refractivity contribution in [2.24, 2.45) is 5.92 Å². The van der Waals surface area contributed by atoms with Crippen LogP contribution in [-0.4, -0.2) is 30.1 Å². The van der Waals surface area contributed by atoms with Crippen LogP contribution in [0.1, 0.15) is 6.42 Å². The van der Waals surface area contributed by atoms with Crippen molar-refractivity contribution in [2.45, 2.75) is 18.8 Å². The minimum atomic E-state index is -0.892. The standard InChI is InChI=1S/C6H8O4/c7-4-1-3-2-9-6(8)5(3)10-4/h3,5-6,8H,1-2H2/t3-,5-,6+/m0/s1. The van der Waals surface area contributed by atoms with Crippen LogP contribution in [0, 0.1) is 5.92 Å². The Kier molecular flexibility index (Phi) is 1.18. The fourth-order valence-electron chi connectivity index (χ4n) is 1.39. The third-order valence-corrected chi connectivity index (χ3v) is 1.92. The average molecular weight is 144 g/mol. The smallest absolute Gasteiger partial charge is 0.306 e. The molecule has 2 rings (SSSR count). The third kappa shape index (κ3) is 0.726. The number of hydrogen-bond donors (Lipinski definition) is 1. The maximum Gasteiger partial charge on any atom is 0.306 e. The number of carbonyl (C=O) groups excluding carboxylic acids is 1. The minimum absolute atomic E-state index is 0.0856. The maximum atomic E-state index is 10.6. The first-order valence-electron chi connectivity index (χ1n) is 3.26. The van der Waals surface area contributed by atoms with E-state index in [9.17, 15) is 4.79 Å². The van der Waals surface area contributed by atoms with Gasteiger partial charge in [0.15, 0.2) is 12.4 Å². The number of aliphatic hydroxyl groups excluding tert-OH is 1. The van der Waals surface area contributed by atoms with Crippen molar-refractivity contribution < 1.29 is 19.4 Å². The monoisotopic (exact) mass is 144 g/mol. The number of aliphatic hydroxyl groups is 1. The summed E-state index contributed by atoms with van der Waals surface area (Å²) in [7, 11) is 0. The van der Waals surface area contributed by atoms with E-state index in [0.29, 0.717) is 13.0 Å². The first-order valence-corrected chi connectivity index (χ1v) is 3.26. The van der Waals surface area contributed by atoms with E-state index in [1.165, 1.54) is 0 Å². The maximum absolute atomic E-state index is 10.6. The molecule has 0 aromatic rings. The summed E-state index contributed by atoms with van der Waals surface area (Å²) in [5.74, 6) is -0.139. The molecule has 0 aliphatic carbocycles. The van der Waals surface area contributed by atoms with Gasteiger partial charge in [0, 0.05) is 5.92 Å². The Hall–Kier alpha value is -0.610. The lowest BCUT2D eigenvalue weighted by atomic mass is 10.1. The second-order valence-corrected chi connectivity index (χ2v) is 2.64. The topological polar surface area (TPSA) is 55.8 Å². The quantitative estimate of drug-likeness (QED) is 0.455. The highest BCUT2D eigenvalue weighted by atomic mass is 16.7. The molecule has 2 aliphatic rings. The molecular weight excluding hydrogens is 136 g/mol. The summed E-state index contributed by atoms with van der Waals surface area (Å²) in [5.41, 5.74) is 0. The highest BCUT2D eigenvalue weighted by molar-refractivity contribution is 5.72. The lowest BCUT2D eigenvalue weighted by Gasteiger charge is -2.08. The van der Waals surface area contributed by atoms with Crippen LogP contribution in [0.4, 0.5) is 0 Å². The van der Waals surface area contributed by atoms with Gasteiger partial charge in [0.2, 0.25) is 0 Å². The highest BCUT2D eigenvalue weighted by Crippen LogP contribution is 2.30. The van der Waals surface area contributed by atoms with Gasteiger partial charge in [-0.15, -0.1) is 0 Å². The molecule has 0 aromatic heterocycles. The molecule has 0 aromatic carbocycles. The summed E-state index contributed by atoms with van der Waals surface area (Å²) in [4.78, 5) is 10.6. The fraction of sp³-hybridized carbons (Fsp3) is 0.833.